The van der Waals surface area contributed by atoms with E-state index in [0.29, 0.717) is 11.8 Å². The monoisotopic (exact) mass is 152 g/mol. The Hall–Kier alpha value is -0.790. The lowest BCUT2D eigenvalue weighted by Gasteiger charge is -2.18. The Morgan fingerprint density at radius 3 is 2.64 bits per heavy atom. The Labute approximate surface area is 65.9 Å². The molecule has 2 heteroatoms. The molecule has 3 atom stereocenters. The Morgan fingerprint density at radius 2 is 2.36 bits per heavy atom. The van der Waals surface area contributed by atoms with Crippen LogP contribution in [0.3, 0.4) is 0 Å². The maximum atomic E-state index is 10.9. The van der Waals surface area contributed by atoms with E-state index in [9.17, 15) is 4.79 Å². The highest BCUT2D eigenvalue weighted by atomic mass is 16.4. The zero-order valence-corrected chi connectivity index (χ0v) is 6.58. The molecule has 0 spiro atoms. The van der Waals surface area contributed by atoms with Crippen molar-refractivity contribution >= 4 is 5.97 Å². The molecule has 11 heavy (non-hydrogen) atoms. The van der Waals surface area contributed by atoms with Crippen molar-refractivity contribution in [3.63, 3.8) is 0 Å². The molecule has 0 aromatic carbocycles. The van der Waals surface area contributed by atoms with E-state index < -0.39 is 11.4 Å². The molecule has 0 aliphatic heterocycles. The molecule has 0 radical (unpaired) electrons. The van der Waals surface area contributed by atoms with Crippen molar-refractivity contribution in [3.05, 3.63) is 12.2 Å². The summed E-state index contributed by atoms with van der Waals surface area (Å²) in [6.45, 7) is 2.14. The fourth-order valence-electron chi connectivity index (χ4n) is 2.38. The molecule has 1 N–H and O–H groups in total. The Morgan fingerprint density at radius 1 is 1.64 bits per heavy atom. The first-order chi connectivity index (χ1) is 5.14. The first-order valence-corrected chi connectivity index (χ1v) is 4.07. The lowest BCUT2D eigenvalue weighted by molar-refractivity contribution is -0.145. The van der Waals surface area contributed by atoms with Crippen molar-refractivity contribution in [2.24, 2.45) is 17.3 Å². The predicted octanol–water partition coefficient (Wildman–Crippen LogP) is 1.67. The van der Waals surface area contributed by atoms with Gasteiger partial charge in [-0.1, -0.05) is 19.1 Å². The van der Waals surface area contributed by atoms with E-state index in [1.807, 2.05) is 6.08 Å². The number of rotatable bonds is 1. The zero-order chi connectivity index (χ0) is 8.06. The molecular formula is C9H12O2. The van der Waals surface area contributed by atoms with Crippen molar-refractivity contribution in [1.29, 1.82) is 0 Å². The summed E-state index contributed by atoms with van der Waals surface area (Å²) < 4.78 is 0. The maximum absolute atomic E-state index is 10.9. The molecule has 2 bridgehead atoms. The van der Waals surface area contributed by atoms with Gasteiger partial charge in [-0.25, -0.2) is 0 Å². The minimum atomic E-state index is -0.638. The minimum Gasteiger partial charge on any atom is -0.481 e. The summed E-state index contributed by atoms with van der Waals surface area (Å²) in [4.78, 5) is 10.9. The first kappa shape index (κ1) is 6.89. The third kappa shape index (κ3) is 0.753. The number of hydrogen-bond donors (Lipinski definition) is 1. The molecule has 0 amide bonds. The van der Waals surface area contributed by atoms with Crippen molar-refractivity contribution < 1.29 is 9.90 Å². The van der Waals surface area contributed by atoms with Crippen LogP contribution in [0.1, 0.15) is 19.8 Å². The largest absolute Gasteiger partial charge is 0.481 e. The molecule has 0 aromatic heterocycles. The number of aliphatic carboxylic acids is 1. The van der Waals surface area contributed by atoms with Gasteiger partial charge in [0.2, 0.25) is 0 Å². The van der Waals surface area contributed by atoms with Crippen LogP contribution in [-0.2, 0) is 4.79 Å². The van der Waals surface area contributed by atoms with Crippen LogP contribution < -0.4 is 0 Å². The van der Waals surface area contributed by atoms with Gasteiger partial charge in [-0.15, -0.1) is 0 Å². The van der Waals surface area contributed by atoms with E-state index in [0.717, 1.165) is 12.8 Å². The van der Waals surface area contributed by atoms with Crippen LogP contribution in [0.15, 0.2) is 12.2 Å². The Kier molecular flexibility index (Phi) is 1.17. The van der Waals surface area contributed by atoms with Crippen LogP contribution in [0, 0.1) is 17.3 Å². The predicted molar refractivity (Wildman–Crippen MR) is 41.1 cm³/mol. The lowest BCUT2D eigenvalue weighted by Crippen LogP contribution is -2.24. The molecule has 2 nitrogen and oxygen atoms in total. The second kappa shape index (κ2) is 1.87. The van der Waals surface area contributed by atoms with Gasteiger partial charge in [-0.05, 0) is 24.7 Å². The number of hydrogen-bond acceptors (Lipinski definition) is 1. The van der Waals surface area contributed by atoms with Crippen LogP contribution in [0.25, 0.3) is 0 Å². The van der Waals surface area contributed by atoms with Crippen molar-refractivity contribution in [3.8, 4) is 0 Å². The van der Waals surface area contributed by atoms with Crippen LogP contribution in [0.5, 0.6) is 0 Å². The van der Waals surface area contributed by atoms with Gasteiger partial charge in [0.1, 0.15) is 0 Å². The topological polar surface area (TPSA) is 37.3 Å². The fraction of sp³-hybridized carbons (Fsp3) is 0.667. The lowest BCUT2D eigenvalue weighted by atomic mass is 9.85. The minimum absolute atomic E-state index is 0.482. The van der Waals surface area contributed by atoms with E-state index in [-0.39, 0.29) is 0 Å². The summed E-state index contributed by atoms with van der Waals surface area (Å²) in [5, 5.41) is 8.96. The number of allylic oxidation sites excluding steroid dienone is 1. The summed E-state index contributed by atoms with van der Waals surface area (Å²) >= 11 is 0. The number of carboxylic acid groups (broad SMARTS) is 1. The Balaban J connectivity index is 2.32. The molecular weight excluding hydrogens is 140 g/mol. The average molecular weight is 152 g/mol. The number of carboxylic acids is 1. The van der Waals surface area contributed by atoms with Crippen LogP contribution in [0.4, 0.5) is 0 Å². The summed E-state index contributed by atoms with van der Waals surface area (Å²) in [5.41, 5.74) is -0.482. The van der Waals surface area contributed by atoms with Crippen molar-refractivity contribution in [1.82, 2.24) is 0 Å². The highest BCUT2D eigenvalue weighted by Crippen LogP contribution is 2.52. The molecule has 3 unspecified atom stereocenters. The third-order valence-corrected chi connectivity index (χ3v) is 3.11. The third-order valence-electron chi connectivity index (χ3n) is 3.11. The van der Waals surface area contributed by atoms with Gasteiger partial charge in [0.15, 0.2) is 0 Å². The van der Waals surface area contributed by atoms with Crippen molar-refractivity contribution in [2.45, 2.75) is 19.8 Å². The summed E-state index contributed by atoms with van der Waals surface area (Å²) in [5.74, 6) is 0.461. The SMILES string of the molecule is CC1CC2(C(=O)O)C=CC1C2. The van der Waals surface area contributed by atoms with Crippen LogP contribution in [-0.4, -0.2) is 11.1 Å². The second-order valence-electron chi connectivity index (χ2n) is 3.87. The van der Waals surface area contributed by atoms with E-state index in [1.54, 1.807) is 0 Å². The van der Waals surface area contributed by atoms with E-state index in [2.05, 4.69) is 13.0 Å². The average Bonchev–Trinajstić information content (AvgIpc) is 2.44. The molecule has 0 aromatic rings. The quantitative estimate of drug-likeness (QED) is 0.580. The highest BCUT2D eigenvalue weighted by Gasteiger charge is 2.50. The number of fused-ring (bicyclic) bond motifs is 2. The molecule has 0 heterocycles. The van der Waals surface area contributed by atoms with Gasteiger partial charge in [0.05, 0.1) is 5.41 Å². The van der Waals surface area contributed by atoms with Gasteiger partial charge < -0.3 is 5.11 Å². The first-order valence-electron chi connectivity index (χ1n) is 4.07. The molecule has 2 aliphatic rings. The maximum Gasteiger partial charge on any atom is 0.313 e. The Bertz CT molecular complexity index is 232. The normalized spacial score (nSPS) is 46.6. The van der Waals surface area contributed by atoms with E-state index in [1.165, 1.54) is 0 Å². The summed E-state index contributed by atoms with van der Waals surface area (Å²) in [6.07, 6.45) is 5.63. The number of carbonyl (C=O) groups is 1. The van der Waals surface area contributed by atoms with Gasteiger partial charge in [0.25, 0.3) is 0 Å². The molecule has 60 valence electrons. The van der Waals surface area contributed by atoms with Crippen LogP contribution in [0.2, 0.25) is 0 Å². The van der Waals surface area contributed by atoms with Crippen molar-refractivity contribution in [2.75, 3.05) is 0 Å². The van der Waals surface area contributed by atoms with Gasteiger partial charge in [-0.3, -0.25) is 4.79 Å². The fourth-order valence-corrected chi connectivity index (χ4v) is 2.38. The van der Waals surface area contributed by atoms with E-state index >= 15 is 0 Å². The molecule has 2 aliphatic carbocycles. The van der Waals surface area contributed by atoms with Gasteiger partial charge in [-0.2, -0.15) is 0 Å². The standard InChI is InChI=1S/C9H12O2/c1-6-4-9(8(10)11)3-2-7(6)5-9/h2-3,6-7H,4-5H2,1H3,(H,10,11). The zero-order valence-electron chi connectivity index (χ0n) is 6.58. The molecule has 0 saturated heterocycles. The highest BCUT2D eigenvalue weighted by molar-refractivity contribution is 5.78. The van der Waals surface area contributed by atoms with E-state index in [4.69, 9.17) is 5.11 Å². The molecule has 1 saturated carbocycles. The van der Waals surface area contributed by atoms with Gasteiger partial charge in [0, 0.05) is 0 Å². The molecule has 2 rings (SSSR count). The molecule has 1 fully saturated rings. The van der Waals surface area contributed by atoms with Crippen LogP contribution >= 0.6 is 0 Å². The second-order valence-corrected chi connectivity index (χ2v) is 3.87. The smallest absolute Gasteiger partial charge is 0.313 e. The summed E-state index contributed by atoms with van der Waals surface area (Å²) in [7, 11) is 0. The summed E-state index contributed by atoms with van der Waals surface area (Å²) in [6, 6.07) is 0. The van der Waals surface area contributed by atoms with Gasteiger partial charge >= 0.3 is 5.97 Å².